The minimum absolute atomic E-state index is 0.557. The van der Waals surface area contributed by atoms with Crippen LogP contribution in [0.4, 0.5) is 0 Å². The molecule has 19 heavy (non-hydrogen) atoms. The highest BCUT2D eigenvalue weighted by Gasteiger charge is 2.13. The second-order valence-electron chi connectivity index (χ2n) is 5.71. The molecule has 3 heteroatoms. The molecule has 2 nitrogen and oxygen atoms in total. The first-order chi connectivity index (χ1) is 9.15. The van der Waals surface area contributed by atoms with E-state index in [2.05, 4.69) is 58.2 Å². The molecular formula is C16H25BrN2. The van der Waals surface area contributed by atoms with E-state index >= 15 is 0 Å². The van der Waals surface area contributed by atoms with E-state index in [0.717, 1.165) is 11.0 Å². The van der Waals surface area contributed by atoms with Gasteiger partial charge in [0.2, 0.25) is 0 Å². The molecule has 1 aliphatic rings. The number of rotatable bonds is 5. The Hall–Kier alpha value is -0.380. The maximum absolute atomic E-state index is 3.65. The van der Waals surface area contributed by atoms with Gasteiger partial charge in [0.15, 0.2) is 0 Å². The zero-order chi connectivity index (χ0) is 13.7. The summed E-state index contributed by atoms with van der Waals surface area (Å²) < 4.78 is 1.16. The minimum Gasteiger partial charge on any atom is -0.309 e. The molecule has 0 radical (unpaired) electrons. The molecule has 1 aromatic carbocycles. The van der Waals surface area contributed by atoms with Crippen LogP contribution in [-0.4, -0.2) is 30.6 Å². The van der Waals surface area contributed by atoms with Crippen LogP contribution < -0.4 is 5.32 Å². The van der Waals surface area contributed by atoms with Crippen LogP contribution in [0.25, 0.3) is 0 Å². The molecular weight excluding hydrogens is 300 g/mol. The molecule has 106 valence electrons. The largest absolute Gasteiger partial charge is 0.309 e. The van der Waals surface area contributed by atoms with Crippen molar-refractivity contribution in [2.75, 3.05) is 19.6 Å². The number of likely N-dealkylation sites (tertiary alicyclic amines) is 1. The molecule has 0 saturated carbocycles. The molecule has 2 rings (SSSR count). The minimum atomic E-state index is 0.557. The van der Waals surface area contributed by atoms with E-state index in [0.29, 0.717) is 6.04 Å². The highest BCUT2D eigenvalue weighted by molar-refractivity contribution is 9.10. The molecule has 1 heterocycles. The van der Waals surface area contributed by atoms with E-state index in [-0.39, 0.29) is 0 Å². The first-order valence-electron chi connectivity index (χ1n) is 7.36. The average Bonchev–Trinajstić information content (AvgIpc) is 2.39. The van der Waals surface area contributed by atoms with Gasteiger partial charge < -0.3 is 10.2 Å². The zero-order valence-corrected chi connectivity index (χ0v) is 13.7. The molecule has 0 spiro atoms. The number of halogens is 1. The Balaban J connectivity index is 1.77. The lowest BCUT2D eigenvalue weighted by Crippen LogP contribution is -2.41. The molecule has 1 fully saturated rings. The molecule has 0 amide bonds. The summed E-state index contributed by atoms with van der Waals surface area (Å²) in [5.41, 5.74) is 2.75. The molecule has 1 aliphatic heterocycles. The first-order valence-corrected chi connectivity index (χ1v) is 8.15. The average molecular weight is 325 g/mol. The molecule has 0 aliphatic carbocycles. The van der Waals surface area contributed by atoms with E-state index in [1.165, 1.54) is 50.0 Å². The second kappa shape index (κ2) is 7.41. The number of hydrogen-bond acceptors (Lipinski definition) is 2. The van der Waals surface area contributed by atoms with Crippen molar-refractivity contribution in [1.82, 2.24) is 10.2 Å². The fourth-order valence-electron chi connectivity index (χ4n) is 2.74. The van der Waals surface area contributed by atoms with Crippen molar-refractivity contribution < 1.29 is 0 Å². The van der Waals surface area contributed by atoms with Crippen LogP contribution in [0, 0.1) is 6.92 Å². The van der Waals surface area contributed by atoms with Crippen LogP contribution in [-0.2, 0) is 6.54 Å². The highest BCUT2D eigenvalue weighted by Crippen LogP contribution is 2.16. The summed E-state index contributed by atoms with van der Waals surface area (Å²) in [4.78, 5) is 2.59. The second-order valence-corrected chi connectivity index (χ2v) is 6.63. The molecule has 1 aromatic rings. The highest BCUT2D eigenvalue weighted by atomic mass is 79.9. The summed E-state index contributed by atoms with van der Waals surface area (Å²) in [5, 5.41) is 3.65. The monoisotopic (exact) mass is 324 g/mol. The summed E-state index contributed by atoms with van der Waals surface area (Å²) in [5.74, 6) is 0. The number of aryl methyl sites for hydroxylation is 1. The van der Waals surface area contributed by atoms with E-state index in [1.807, 2.05) is 0 Å². The van der Waals surface area contributed by atoms with Gasteiger partial charge in [-0.05, 0) is 63.0 Å². The molecule has 1 N–H and O–H groups in total. The fraction of sp³-hybridized carbons (Fsp3) is 0.625. The van der Waals surface area contributed by atoms with Crippen molar-refractivity contribution in [2.45, 2.75) is 45.7 Å². The van der Waals surface area contributed by atoms with Gasteiger partial charge in [-0.25, -0.2) is 0 Å². The van der Waals surface area contributed by atoms with Crippen molar-refractivity contribution >= 4 is 15.9 Å². The maximum atomic E-state index is 3.65. The standard InChI is InChI=1S/C16H25BrN2/c1-13-10-16(17)7-6-15(13)11-18-14(2)12-19-8-4-3-5-9-19/h6-7,10,14,18H,3-5,8-9,11-12H2,1-2H3. The Kier molecular flexibility index (Phi) is 5.86. The van der Waals surface area contributed by atoms with Gasteiger partial charge in [-0.15, -0.1) is 0 Å². The van der Waals surface area contributed by atoms with E-state index in [4.69, 9.17) is 0 Å². The van der Waals surface area contributed by atoms with Gasteiger partial charge in [-0.3, -0.25) is 0 Å². The first kappa shape index (κ1) is 15.0. The summed E-state index contributed by atoms with van der Waals surface area (Å²) in [6, 6.07) is 7.08. The van der Waals surface area contributed by atoms with Crippen LogP contribution in [0.2, 0.25) is 0 Å². The SMILES string of the molecule is Cc1cc(Br)ccc1CNC(C)CN1CCCCC1. The summed E-state index contributed by atoms with van der Waals surface area (Å²) in [6.07, 6.45) is 4.16. The van der Waals surface area contributed by atoms with E-state index in [1.54, 1.807) is 0 Å². The van der Waals surface area contributed by atoms with Crippen LogP contribution in [0.3, 0.4) is 0 Å². The van der Waals surface area contributed by atoms with Crippen molar-refractivity contribution in [1.29, 1.82) is 0 Å². The van der Waals surface area contributed by atoms with Gasteiger partial charge in [0, 0.05) is 23.6 Å². The predicted molar refractivity (Wildman–Crippen MR) is 85.5 cm³/mol. The molecule has 1 atom stereocenters. The van der Waals surface area contributed by atoms with Crippen molar-refractivity contribution in [3.05, 3.63) is 33.8 Å². The molecule has 1 unspecified atom stereocenters. The van der Waals surface area contributed by atoms with Crippen LogP contribution in [0.15, 0.2) is 22.7 Å². The molecule has 1 saturated heterocycles. The Morgan fingerprint density at radius 3 is 2.68 bits per heavy atom. The maximum Gasteiger partial charge on any atom is 0.0211 e. The Labute approximate surface area is 125 Å². The van der Waals surface area contributed by atoms with Crippen molar-refractivity contribution in [3.8, 4) is 0 Å². The van der Waals surface area contributed by atoms with E-state index in [9.17, 15) is 0 Å². The molecule has 0 bridgehead atoms. The van der Waals surface area contributed by atoms with Crippen molar-refractivity contribution in [3.63, 3.8) is 0 Å². The third kappa shape index (κ3) is 4.90. The fourth-order valence-corrected chi connectivity index (χ4v) is 3.21. The predicted octanol–water partition coefficient (Wildman–Crippen LogP) is 3.72. The Morgan fingerprint density at radius 1 is 1.26 bits per heavy atom. The van der Waals surface area contributed by atoms with Gasteiger partial charge >= 0.3 is 0 Å². The lowest BCUT2D eigenvalue weighted by molar-refractivity contribution is 0.209. The summed E-state index contributed by atoms with van der Waals surface area (Å²) in [7, 11) is 0. The lowest BCUT2D eigenvalue weighted by Gasteiger charge is -2.29. The van der Waals surface area contributed by atoms with Crippen LogP contribution in [0.5, 0.6) is 0 Å². The number of benzene rings is 1. The van der Waals surface area contributed by atoms with Gasteiger partial charge in [0.05, 0.1) is 0 Å². The Bertz CT molecular complexity index is 400. The van der Waals surface area contributed by atoms with Gasteiger partial charge in [-0.1, -0.05) is 28.4 Å². The third-order valence-corrected chi connectivity index (χ3v) is 4.42. The van der Waals surface area contributed by atoms with Gasteiger partial charge in [0.1, 0.15) is 0 Å². The number of nitrogens with one attached hydrogen (secondary N) is 1. The van der Waals surface area contributed by atoms with Gasteiger partial charge in [0.25, 0.3) is 0 Å². The lowest BCUT2D eigenvalue weighted by atomic mass is 10.1. The number of piperidine rings is 1. The zero-order valence-electron chi connectivity index (χ0n) is 12.1. The quantitative estimate of drug-likeness (QED) is 0.888. The van der Waals surface area contributed by atoms with Crippen LogP contribution in [0.1, 0.15) is 37.3 Å². The summed E-state index contributed by atoms with van der Waals surface area (Å²) in [6.45, 7) is 9.18. The normalized spacial score (nSPS) is 18.5. The topological polar surface area (TPSA) is 15.3 Å². The van der Waals surface area contributed by atoms with Crippen LogP contribution >= 0.6 is 15.9 Å². The van der Waals surface area contributed by atoms with Gasteiger partial charge in [-0.2, -0.15) is 0 Å². The smallest absolute Gasteiger partial charge is 0.0211 e. The van der Waals surface area contributed by atoms with Crippen molar-refractivity contribution in [2.24, 2.45) is 0 Å². The van der Waals surface area contributed by atoms with E-state index < -0.39 is 0 Å². The molecule has 0 aromatic heterocycles. The number of hydrogen-bond donors (Lipinski definition) is 1. The summed E-state index contributed by atoms with van der Waals surface area (Å²) >= 11 is 3.51. The third-order valence-electron chi connectivity index (χ3n) is 3.93. The number of nitrogens with zero attached hydrogens (tertiary/aromatic N) is 1. The Morgan fingerprint density at radius 2 is 2.00 bits per heavy atom.